The first-order valence-electron chi connectivity index (χ1n) is 6.82. The van der Waals surface area contributed by atoms with E-state index in [9.17, 15) is 22.9 Å². The zero-order valence-corrected chi connectivity index (χ0v) is 13.9. The van der Waals surface area contributed by atoms with Crippen molar-refractivity contribution in [3.63, 3.8) is 0 Å². The summed E-state index contributed by atoms with van der Waals surface area (Å²) in [6.07, 6.45) is 4.71. The predicted molar refractivity (Wildman–Crippen MR) is 85.9 cm³/mol. The number of aliphatic hydroxyl groups is 1. The molecule has 1 aromatic rings. The first kappa shape index (κ1) is 16.9. The molecule has 2 rings (SSSR count). The van der Waals surface area contributed by atoms with Crippen LogP contribution in [-0.2, 0) is 16.5 Å². The number of rotatable bonds is 5. The topological polar surface area (TPSA) is 91.7 Å². The van der Waals surface area contributed by atoms with E-state index < -0.39 is 20.8 Å². The van der Waals surface area contributed by atoms with Crippen molar-refractivity contribution in [3.8, 4) is 0 Å². The molecule has 0 aliphatic heterocycles. The van der Waals surface area contributed by atoms with Gasteiger partial charge in [-0.3, -0.25) is 9.35 Å². The van der Waals surface area contributed by atoms with E-state index >= 15 is 0 Å². The summed E-state index contributed by atoms with van der Waals surface area (Å²) < 4.78 is 32.0. The van der Waals surface area contributed by atoms with Gasteiger partial charge in [-0.25, -0.2) is 0 Å². The van der Waals surface area contributed by atoms with E-state index in [4.69, 9.17) is 0 Å². The number of thiophene rings is 1. The van der Waals surface area contributed by atoms with Gasteiger partial charge in [0.1, 0.15) is 10.5 Å². The molecule has 0 radical (unpaired) electrons. The Bertz CT molecular complexity index is 742. The van der Waals surface area contributed by atoms with Crippen LogP contribution in [0.15, 0.2) is 36.1 Å². The molecule has 2 N–H and O–H groups in total. The van der Waals surface area contributed by atoms with Gasteiger partial charge in [0, 0.05) is 10.8 Å². The van der Waals surface area contributed by atoms with Crippen molar-refractivity contribution in [3.05, 3.63) is 45.9 Å². The fourth-order valence-corrected chi connectivity index (χ4v) is 4.67. The lowest BCUT2D eigenvalue weighted by atomic mass is 9.84. The van der Waals surface area contributed by atoms with Gasteiger partial charge in [0.2, 0.25) is 0 Å². The van der Waals surface area contributed by atoms with Gasteiger partial charge in [-0.2, -0.15) is 8.42 Å². The summed E-state index contributed by atoms with van der Waals surface area (Å²) in [6.45, 7) is 3.16. The van der Waals surface area contributed by atoms with E-state index in [0.29, 0.717) is 11.3 Å². The summed E-state index contributed by atoms with van der Waals surface area (Å²) in [4.78, 5) is 12.8. The Balaban J connectivity index is 2.29. The van der Waals surface area contributed by atoms with Crippen molar-refractivity contribution < 1.29 is 22.9 Å². The zero-order valence-electron chi connectivity index (χ0n) is 12.3. The molecule has 0 amide bonds. The van der Waals surface area contributed by atoms with E-state index in [-0.39, 0.29) is 18.0 Å². The van der Waals surface area contributed by atoms with Crippen LogP contribution in [0.5, 0.6) is 0 Å². The van der Waals surface area contributed by atoms with E-state index in [2.05, 4.69) is 0 Å². The minimum Gasteiger partial charge on any atom is -0.508 e. The van der Waals surface area contributed by atoms with E-state index in [1.165, 1.54) is 30.4 Å². The van der Waals surface area contributed by atoms with Crippen LogP contribution in [0, 0.1) is 5.92 Å². The number of ketones is 1. The van der Waals surface area contributed by atoms with Gasteiger partial charge in [0.05, 0.1) is 4.88 Å². The normalized spacial score (nSPS) is 25.0. The number of carbonyl (C=O) groups is 1. The van der Waals surface area contributed by atoms with E-state index in [0.717, 1.165) is 4.88 Å². The SMILES string of the molecule is CC(=O)c1ccc(CCC2(S(=O)(=O)O)C=C(O)C=CC2C)s1. The van der Waals surface area contributed by atoms with Gasteiger partial charge in [-0.15, -0.1) is 11.3 Å². The van der Waals surface area contributed by atoms with Gasteiger partial charge in [-0.05, 0) is 44.1 Å². The first-order chi connectivity index (χ1) is 10.2. The van der Waals surface area contributed by atoms with Crippen LogP contribution in [0.1, 0.15) is 34.8 Å². The van der Waals surface area contributed by atoms with Crippen molar-refractivity contribution in [2.24, 2.45) is 5.92 Å². The lowest BCUT2D eigenvalue weighted by molar-refractivity contribution is 0.102. The van der Waals surface area contributed by atoms with Crippen LogP contribution in [0.25, 0.3) is 0 Å². The number of hydrogen-bond acceptors (Lipinski definition) is 5. The summed E-state index contributed by atoms with van der Waals surface area (Å²) in [5, 5.41) is 9.66. The Morgan fingerprint density at radius 1 is 1.41 bits per heavy atom. The Labute approximate surface area is 133 Å². The second-order valence-electron chi connectivity index (χ2n) is 5.47. The largest absolute Gasteiger partial charge is 0.508 e. The van der Waals surface area contributed by atoms with Gasteiger partial charge in [0.15, 0.2) is 5.78 Å². The maximum Gasteiger partial charge on any atom is 0.275 e. The number of aryl methyl sites for hydroxylation is 1. The molecule has 22 heavy (non-hydrogen) atoms. The molecule has 2 atom stereocenters. The van der Waals surface area contributed by atoms with Crippen molar-refractivity contribution in [1.29, 1.82) is 0 Å². The second kappa shape index (κ2) is 5.98. The fourth-order valence-electron chi connectivity index (χ4n) is 2.59. The van der Waals surface area contributed by atoms with Crippen LogP contribution in [0.2, 0.25) is 0 Å². The lowest BCUT2D eigenvalue weighted by Gasteiger charge is -2.34. The summed E-state index contributed by atoms with van der Waals surface area (Å²) in [6, 6.07) is 3.49. The molecular weight excluding hydrogens is 324 g/mol. The van der Waals surface area contributed by atoms with Gasteiger partial charge in [0.25, 0.3) is 10.1 Å². The maximum absolute atomic E-state index is 11.9. The molecule has 1 aliphatic carbocycles. The number of allylic oxidation sites excluding steroid dienone is 2. The van der Waals surface area contributed by atoms with Crippen molar-refractivity contribution in [2.75, 3.05) is 0 Å². The average molecular weight is 342 g/mol. The van der Waals surface area contributed by atoms with Crippen LogP contribution < -0.4 is 0 Å². The molecule has 7 heteroatoms. The highest BCUT2D eigenvalue weighted by Crippen LogP contribution is 2.38. The van der Waals surface area contributed by atoms with E-state index in [1.807, 2.05) is 0 Å². The predicted octanol–water partition coefficient (Wildman–Crippen LogP) is 3.16. The Hall–Kier alpha value is -1.44. The maximum atomic E-state index is 11.9. The van der Waals surface area contributed by atoms with Crippen LogP contribution in [0.3, 0.4) is 0 Å². The van der Waals surface area contributed by atoms with Crippen LogP contribution in [0.4, 0.5) is 0 Å². The standard InChI is InChI=1S/C15H18O5S2/c1-10-3-4-12(17)9-15(10,22(18,19)20)8-7-13-5-6-14(21-13)11(2)16/h3-6,9-10,17H,7-8H2,1-2H3,(H,18,19,20). The molecule has 1 aromatic heterocycles. The van der Waals surface area contributed by atoms with Crippen LogP contribution >= 0.6 is 11.3 Å². The van der Waals surface area contributed by atoms with Crippen molar-refractivity contribution in [2.45, 2.75) is 31.4 Å². The third-order valence-corrected chi connectivity index (χ3v) is 6.87. The van der Waals surface area contributed by atoms with Crippen LogP contribution in [-0.4, -0.2) is 28.6 Å². The first-order valence-corrected chi connectivity index (χ1v) is 9.08. The number of aliphatic hydroxyl groups excluding tert-OH is 1. The third-order valence-electron chi connectivity index (χ3n) is 3.97. The summed E-state index contributed by atoms with van der Waals surface area (Å²) in [5.74, 6) is -0.677. The van der Waals surface area contributed by atoms with Gasteiger partial charge in [-0.1, -0.05) is 13.0 Å². The molecule has 0 spiro atoms. The highest BCUT2D eigenvalue weighted by atomic mass is 32.2. The minimum absolute atomic E-state index is 0.0350. The molecule has 120 valence electrons. The molecule has 2 unspecified atom stereocenters. The average Bonchev–Trinajstić information content (AvgIpc) is 2.87. The summed E-state index contributed by atoms with van der Waals surface area (Å²) >= 11 is 1.31. The van der Waals surface area contributed by atoms with Crippen molar-refractivity contribution >= 4 is 27.2 Å². The minimum atomic E-state index is -4.40. The number of Topliss-reactive ketones (excluding diaryl/α,β-unsaturated/α-hetero) is 1. The number of hydrogen-bond donors (Lipinski definition) is 2. The molecule has 0 fully saturated rings. The molecule has 0 bridgehead atoms. The smallest absolute Gasteiger partial charge is 0.275 e. The van der Waals surface area contributed by atoms with Crippen molar-refractivity contribution in [1.82, 2.24) is 0 Å². The summed E-state index contributed by atoms with van der Waals surface area (Å²) in [5.41, 5.74) is 0. The lowest BCUT2D eigenvalue weighted by Crippen LogP contribution is -2.44. The second-order valence-corrected chi connectivity index (χ2v) is 8.35. The van der Waals surface area contributed by atoms with Gasteiger partial charge >= 0.3 is 0 Å². The highest BCUT2D eigenvalue weighted by molar-refractivity contribution is 7.87. The Kier molecular flexibility index (Phi) is 4.60. The fraction of sp³-hybridized carbons (Fsp3) is 0.400. The Morgan fingerprint density at radius 2 is 2.09 bits per heavy atom. The molecule has 0 saturated carbocycles. The molecular formula is C15H18O5S2. The van der Waals surface area contributed by atoms with E-state index in [1.54, 1.807) is 25.1 Å². The monoisotopic (exact) mass is 342 g/mol. The third kappa shape index (κ3) is 3.16. The molecule has 0 aromatic carbocycles. The number of carbonyl (C=O) groups excluding carboxylic acids is 1. The van der Waals surface area contributed by atoms with Gasteiger partial charge < -0.3 is 5.11 Å². The molecule has 1 heterocycles. The molecule has 5 nitrogen and oxygen atoms in total. The Morgan fingerprint density at radius 3 is 2.64 bits per heavy atom. The zero-order chi connectivity index (χ0) is 16.5. The summed E-state index contributed by atoms with van der Waals surface area (Å²) in [7, 11) is -4.40. The quantitative estimate of drug-likeness (QED) is 0.633. The molecule has 1 aliphatic rings. The highest BCUT2D eigenvalue weighted by Gasteiger charge is 2.46. The molecule has 0 saturated heterocycles.